The quantitative estimate of drug-likeness (QED) is 0.299. The van der Waals surface area contributed by atoms with Crippen molar-refractivity contribution >= 4 is 28.9 Å². The van der Waals surface area contributed by atoms with Gasteiger partial charge in [-0.2, -0.15) is 4.73 Å². The molecule has 244 valence electrons. The maximum Gasteiger partial charge on any atom is 0.408 e. The Kier molecular flexibility index (Phi) is 9.51. The van der Waals surface area contributed by atoms with Gasteiger partial charge in [-0.1, -0.05) is 25.7 Å². The molecule has 2 amide bonds. The van der Waals surface area contributed by atoms with Crippen molar-refractivity contribution in [2.45, 2.75) is 108 Å². The number of pyridine rings is 1. The summed E-state index contributed by atoms with van der Waals surface area (Å²) < 4.78 is 24.0. The van der Waals surface area contributed by atoms with Gasteiger partial charge in [0.05, 0.1) is 26.2 Å². The summed E-state index contributed by atoms with van der Waals surface area (Å²) in [5.74, 6) is 0.433. The zero-order chi connectivity index (χ0) is 31.5. The van der Waals surface area contributed by atoms with Gasteiger partial charge in [0, 0.05) is 25.0 Å². The van der Waals surface area contributed by atoms with Crippen molar-refractivity contribution in [3.63, 3.8) is 0 Å². The molecule has 1 N–H and O–H groups in total. The minimum Gasteiger partial charge on any atom is -0.618 e. The topological polar surface area (TPSA) is 130 Å². The van der Waals surface area contributed by atoms with E-state index in [4.69, 9.17) is 18.9 Å². The Morgan fingerprint density at radius 2 is 1.71 bits per heavy atom. The molecule has 3 fully saturated rings. The van der Waals surface area contributed by atoms with Gasteiger partial charge in [-0.3, -0.25) is 4.79 Å². The lowest BCUT2D eigenvalue weighted by Crippen LogP contribution is -2.55. The predicted molar refractivity (Wildman–Crippen MR) is 165 cm³/mol. The number of nitrogens with zero attached hydrogens (tertiary/aromatic N) is 2. The van der Waals surface area contributed by atoms with Crippen molar-refractivity contribution in [2.75, 3.05) is 20.8 Å². The third-order valence-electron chi connectivity index (χ3n) is 10.3. The van der Waals surface area contributed by atoms with Crippen molar-refractivity contribution in [2.24, 2.45) is 11.8 Å². The molecule has 45 heavy (non-hydrogen) atoms. The van der Waals surface area contributed by atoms with E-state index in [-0.39, 0.29) is 36.8 Å². The number of benzene rings is 1. The first-order chi connectivity index (χ1) is 21.9. The van der Waals surface area contributed by atoms with Gasteiger partial charge in [-0.05, 0) is 68.9 Å². The molecular formula is C34H45N3O8. The van der Waals surface area contributed by atoms with Gasteiger partial charge >= 0.3 is 12.1 Å². The van der Waals surface area contributed by atoms with Crippen molar-refractivity contribution in [1.82, 2.24) is 10.2 Å². The van der Waals surface area contributed by atoms with E-state index in [0.717, 1.165) is 75.4 Å². The summed E-state index contributed by atoms with van der Waals surface area (Å²) >= 11 is 0. The number of nitrogens with one attached hydrogen (secondary N) is 1. The molecule has 2 aliphatic heterocycles. The van der Waals surface area contributed by atoms with E-state index in [9.17, 15) is 19.6 Å². The average molecular weight is 624 g/mol. The smallest absolute Gasteiger partial charge is 0.408 e. The van der Waals surface area contributed by atoms with Crippen LogP contribution in [0.5, 0.6) is 11.5 Å². The van der Waals surface area contributed by atoms with Gasteiger partial charge < -0.3 is 34.4 Å². The first-order valence-electron chi connectivity index (χ1n) is 16.6. The Balaban J connectivity index is 1.36. The molecule has 0 spiro atoms. The molecule has 1 aromatic heterocycles. The number of methoxy groups -OCH3 is 2. The highest BCUT2D eigenvalue weighted by Gasteiger charge is 2.46. The molecule has 4 aliphatic rings. The van der Waals surface area contributed by atoms with Gasteiger partial charge in [0.2, 0.25) is 17.1 Å². The second-order valence-corrected chi connectivity index (χ2v) is 13.1. The third-order valence-corrected chi connectivity index (χ3v) is 10.3. The second-order valence-electron chi connectivity index (χ2n) is 13.1. The van der Waals surface area contributed by atoms with E-state index in [1.54, 1.807) is 25.3 Å². The number of aromatic nitrogens is 1. The minimum absolute atomic E-state index is 0.0465. The molecule has 1 aromatic carbocycles. The lowest BCUT2D eigenvalue weighted by Gasteiger charge is -2.31. The van der Waals surface area contributed by atoms with Crippen molar-refractivity contribution in [3.8, 4) is 11.5 Å². The Hall–Kier alpha value is -3.76. The summed E-state index contributed by atoms with van der Waals surface area (Å²) in [5, 5.41) is 17.4. The third kappa shape index (κ3) is 6.63. The first kappa shape index (κ1) is 31.2. The molecule has 6 rings (SSSR count). The molecule has 2 aliphatic carbocycles. The monoisotopic (exact) mass is 623 g/mol. The number of carbonyl (C=O) groups excluding carboxylic acids is 3. The van der Waals surface area contributed by atoms with E-state index < -0.39 is 30.3 Å². The zero-order valence-electron chi connectivity index (χ0n) is 26.3. The normalized spacial score (nSPS) is 28.3. The van der Waals surface area contributed by atoms with E-state index in [2.05, 4.69) is 5.32 Å². The standard InChI is InChI=1S/C34H45N3O8/c1-42-24-15-16-26-23(17-24)18-30-27(37(26)41)13-5-3-4-9-21-12-8-14-29(21)45-34(40)35-31(22-10-6-7-11-22)32(38)36-20-25(44-30)19-28(36)33(39)43-2/h15-18,21-22,25,28-29,31H,3-14,19-20H2,1-2H3,(H,35,40)/t21-,25+,28-,29-,31-/m0/s1. The predicted octanol–water partition coefficient (Wildman–Crippen LogP) is 4.57. The maximum atomic E-state index is 14.3. The van der Waals surface area contributed by atoms with E-state index >= 15 is 0 Å². The zero-order valence-corrected chi connectivity index (χ0v) is 26.3. The Morgan fingerprint density at radius 1 is 0.956 bits per heavy atom. The number of hydrogen-bond donors (Lipinski definition) is 1. The SMILES string of the molecule is COC(=O)[C@@H]1C[C@@H]2CN1C(=O)[C@H](C1CCCC1)NC(=O)O[C@H]1CCC[C@@H]1CCCCCc1c(cc3cc(OC)ccc3[n+]1[O-])O2. The Labute approximate surface area is 264 Å². The number of hydrogen-bond acceptors (Lipinski definition) is 8. The highest BCUT2D eigenvalue weighted by molar-refractivity contribution is 5.90. The van der Waals surface area contributed by atoms with Crippen LogP contribution >= 0.6 is 0 Å². The number of fused-ring (bicyclic) bond motifs is 5. The largest absolute Gasteiger partial charge is 0.618 e. The van der Waals surface area contributed by atoms with Gasteiger partial charge in [-0.25, -0.2) is 9.59 Å². The molecule has 1 saturated heterocycles. The van der Waals surface area contributed by atoms with Crippen LogP contribution in [0.15, 0.2) is 24.3 Å². The number of amides is 2. The molecule has 0 radical (unpaired) electrons. The first-order valence-corrected chi connectivity index (χ1v) is 16.6. The van der Waals surface area contributed by atoms with Crippen LogP contribution in [0.3, 0.4) is 0 Å². The van der Waals surface area contributed by atoms with Gasteiger partial charge in [0.25, 0.3) is 0 Å². The maximum absolute atomic E-state index is 14.3. The number of carbonyl (C=O) groups is 3. The molecular weight excluding hydrogens is 578 g/mol. The van der Waals surface area contributed by atoms with Gasteiger partial charge in [-0.15, -0.1) is 0 Å². The summed E-state index contributed by atoms with van der Waals surface area (Å²) in [6.45, 7) is 0.123. The van der Waals surface area contributed by atoms with E-state index in [0.29, 0.717) is 34.5 Å². The van der Waals surface area contributed by atoms with Crippen LogP contribution < -0.4 is 19.5 Å². The molecule has 11 nitrogen and oxygen atoms in total. The van der Waals surface area contributed by atoms with Crippen LogP contribution in [0.2, 0.25) is 0 Å². The second kappa shape index (κ2) is 13.7. The summed E-state index contributed by atoms with van der Waals surface area (Å²) in [6, 6.07) is 5.51. The lowest BCUT2D eigenvalue weighted by molar-refractivity contribution is -0.586. The fourth-order valence-corrected chi connectivity index (χ4v) is 7.94. The van der Waals surface area contributed by atoms with E-state index in [1.807, 2.05) is 6.07 Å². The highest BCUT2D eigenvalue weighted by Crippen LogP contribution is 2.35. The van der Waals surface area contributed by atoms with Gasteiger partial charge in [0.15, 0.2) is 5.75 Å². The van der Waals surface area contributed by atoms with Crippen molar-refractivity contribution in [1.29, 1.82) is 0 Å². The van der Waals surface area contributed by atoms with E-state index in [1.165, 1.54) is 12.0 Å². The van der Waals surface area contributed by atoms with Crippen LogP contribution in [0.25, 0.3) is 10.9 Å². The summed E-state index contributed by atoms with van der Waals surface area (Å²) in [4.78, 5) is 42.0. The molecule has 11 heteroatoms. The van der Waals surface area contributed by atoms with Crippen LogP contribution in [0.1, 0.15) is 82.7 Å². The molecule has 2 bridgehead atoms. The fourth-order valence-electron chi connectivity index (χ4n) is 7.94. The van der Waals surface area contributed by atoms with Gasteiger partial charge in [0.1, 0.15) is 30.0 Å². The number of ether oxygens (including phenoxy) is 4. The van der Waals surface area contributed by atoms with Crippen LogP contribution in [0.4, 0.5) is 4.79 Å². The summed E-state index contributed by atoms with van der Waals surface area (Å²) in [7, 11) is 2.88. The molecule has 3 heterocycles. The number of rotatable bonds is 3. The molecule has 2 aromatic rings. The lowest BCUT2D eigenvalue weighted by atomic mass is 9.96. The number of alkyl carbamates (subject to hydrolysis) is 1. The van der Waals surface area contributed by atoms with Crippen molar-refractivity contribution in [3.05, 3.63) is 35.2 Å². The summed E-state index contributed by atoms with van der Waals surface area (Å²) in [5.41, 5.74) is 1.06. The summed E-state index contributed by atoms with van der Waals surface area (Å²) in [6.07, 6.45) is 9.47. The minimum atomic E-state index is -0.876. The fraction of sp³-hybridized carbons (Fsp3) is 0.647. The molecule has 2 saturated carbocycles. The molecule has 5 atom stereocenters. The Morgan fingerprint density at radius 3 is 2.49 bits per heavy atom. The number of esters is 1. The van der Waals surface area contributed by atoms with Crippen LogP contribution in [-0.4, -0.2) is 67.9 Å². The van der Waals surface area contributed by atoms with Crippen LogP contribution in [0, 0.1) is 17.0 Å². The Bertz CT molecular complexity index is 1410. The highest BCUT2D eigenvalue weighted by atomic mass is 16.6. The van der Waals surface area contributed by atoms with Crippen LogP contribution in [-0.2, 0) is 25.5 Å². The average Bonchev–Trinajstić information content (AvgIpc) is 3.82. The van der Waals surface area contributed by atoms with Crippen molar-refractivity contribution < 1.29 is 38.1 Å². The molecule has 0 unspecified atom stereocenters.